The molecule has 1 aromatic heterocycles. The third-order valence-corrected chi connectivity index (χ3v) is 4.67. The Hall–Kier alpha value is -0.840. The van der Waals surface area contributed by atoms with Crippen LogP contribution in [0.4, 0.5) is 0 Å². The smallest absolute Gasteiger partial charge is 0.253 e. The molecule has 1 amide bonds. The van der Waals surface area contributed by atoms with E-state index >= 15 is 0 Å². The van der Waals surface area contributed by atoms with Crippen molar-refractivity contribution < 1.29 is 4.79 Å². The summed E-state index contributed by atoms with van der Waals surface area (Å²) in [5.74, 6) is -0.121. The summed E-state index contributed by atoms with van der Waals surface area (Å²) in [4.78, 5) is 18.5. The molecule has 0 saturated carbocycles. The highest BCUT2D eigenvalue weighted by molar-refractivity contribution is 6.41. The van der Waals surface area contributed by atoms with Crippen LogP contribution in [-0.4, -0.2) is 41.0 Å². The lowest BCUT2D eigenvalue weighted by atomic mass is 10.1. The molecule has 102 valence electrons. The second-order valence-corrected chi connectivity index (χ2v) is 5.88. The van der Waals surface area contributed by atoms with Gasteiger partial charge < -0.3 is 5.32 Å². The molecule has 1 aromatic rings. The topological polar surface area (TPSA) is 45.2 Å². The fraction of sp³-hybridized carbons (Fsp3) is 0.538. The summed E-state index contributed by atoms with van der Waals surface area (Å²) in [6, 6.07) is 2.30. The molecule has 3 rings (SSSR count). The molecule has 6 heteroatoms. The Morgan fingerprint density at radius 2 is 2.21 bits per heavy atom. The number of amides is 1. The summed E-state index contributed by atoms with van der Waals surface area (Å²) >= 11 is 11.6. The molecular formula is C13H15Cl2N3O. The number of hydrogen-bond acceptors (Lipinski definition) is 3. The van der Waals surface area contributed by atoms with Crippen LogP contribution in [0.1, 0.15) is 29.6 Å². The second-order valence-electron chi connectivity index (χ2n) is 5.11. The first-order valence-corrected chi connectivity index (χ1v) is 7.27. The summed E-state index contributed by atoms with van der Waals surface area (Å²) in [6.45, 7) is 2.24. The number of halogens is 2. The average molecular weight is 300 g/mol. The van der Waals surface area contributed by atoms with Gasteiger partial charge in [0.1, 0.15) is 5.15 Å². The quantitative estimate of drug-likeness (QED) is 0.853. The Bertz CT molecular complexity index is 509. The van der Waals surface area contributed by atoms with Crippen molar-refractivity contribution in [3.8, 4) is 0 Å². The van der Waals surface area contributed by atoms with Crippen molar-refractivity contribution in [3.63, 3.8) is 0 Å². The van der Waals surface area contributed by atoms with Gasteiger partial charge in [0.25, 0.3) is 5.91 Å². The number of pyridine rings is 1. The number of rotatable bonds is 2. The Morgan fingerprint density at radius 1 is 1.37 bits per heavy atom. The summed E-state index contributed by atoms with van der Waals surface area (Å²) < 4.78 is 0. The highest BCUT2D eigenvalue weighted by Crippen LogP contribution is 2.28. The molecule has 0 aromatic carbocycles. The van der Waals surface area contributed by atoms with Gasteiger partial charge >= 0.3 is 0 Å². The number of carbonyl (C=O) groups excluding carboxylic acids is 1. The van der Waals surface area contributed by atoms with Crippen molar-refractivity contribution in [2.24, 2.45) is 0 Å². The summed E-state index contributed by atoms with van der Waals surface area (Å²) in [6.07, 6.45) is 4.88. The minimum Gasteiger partial charge on any atom is -0.348 e. The number of nitrogens with one attached hydrogen (secondary N) is 1. The molecule has 0 aliphatic carbocycles. The van der Waals surface area contributed by atoms with Crippen LogP contribution < -0.4 is 5.32 Å². The fourth-order valence-corrected chi connectivity index (χ4v) is 3.32. The molecule has 2 aliphatic rings. The average Bonchev–Trinajstić information content (AvgIpc) is 2.97. The van der Waals surface area contributed by atoms with Crippen LogP contribution in [0.5, 0.6) is 0 Å². The molecule has 0 bridgehead atoms. The lowest BCUT2D eigenvalue weighted by molar-refractivity contribution is 0.0929. The van der Waals surface area contributed by atoms with Gasteiger partial charge in [-0.15, -0.1) is 0 Å². The molecule has 0 radical (unpaired) electrons. The molecule has 19 heavy (non-hydrogen) atoms. The number of carbonyl (C=O) groups is 1. The van der Waals surface area contributed by atoms with E-state index in [0.717, 1.165) is 19.5 Å². The largest absolute Gasteiger partial charge is 0.348 e. The number of aromatic nitrogens is 1. The molecule has 3 heterocycles. The second kappa shape index (κ2) is 5.27. The highest BCUT2D eigenvalue weighted by atomic mass is 35.5. The molecule has 2 aliphatic heterocycles. The van der Waals surface area contributed by atoms with Gasteiger partial charge in [-0.1, -0.05) is 23.2 Å². The molecule has 2 saturated heterocycles. The maximum absolute atomic E-state index is 12.2. The molecule has 1 N–H and O–H groups in total. The molecule has 0 spiro atoms. The maximum Gasteiger partial charge on any atom is 0.253 e. The Kier molecular flexibility index (Phi) is 3.65. The number of fused-ring (bicyclic) bond motifs is 1. The van der Waals surface area contributed by atoms with Crippen molar-refractivity contribution >= 4 is 29.1 Å². The van der Waals surface area contributed by atoms with Gasteiger partial charge in [0.05, 0.1) is 10.6 Å². The maximum atomic E-state index is 12.2. The van der Waals surface area contributed by atoms with E-state index < -0.39 is 0 Å². The van der Waals surface area contributed by atoms with E-state index in [0.29, 0.717) is 16.6 Å². The third kappa shape index (κ3) is 2.57. The van der Waals surface area contributed by atoms with Crippen LogP contribution >= 0.6 is 23.2 Å². The van der Waals surface area contributed by atoms with Crippen molar-refractivity contribution in [1.29, 1.82) is 0 Å². The zero-order valence-electron chi connectivity index (χ0n) is 10.4. The Balaban J connectivity index is 1.69. The molecule has 2 atom stereocenters. The van der Waals surface area contributed by atoms with Gasteiger partial charge in [0.15, 0.2) is 0 Å². The Labute approximate surface area is 122 Å². The van der Waals surface area contributed by atoms with Crippen molar-refractivity contribution in [1.82, 2.24) is 15.2 Å². The van der Waals surface area contributed by atoms with Crippen molar-refractivity contribution in [2.45, 2.75) is 31.3 Å². The highest BCUT2D eigenvalue weighted by Gasteiger charge is 2.37. The number of hydrogen-bond donors (Lipinski definition) is 1. The van der Waals surface area contributed by atoms with Crippen LogP contribution in [-0.2, 0) is 0 Å². The SMILES string of the molecule is O=C(NC1CCN2CCCC12)c1cnc(Cl)c(Cl)c1. The van der Waals surface area contributed by atoms with Gasteiger partial charge in [-0.2, -0.15) is 0 Å². The first-order valence-electron chi connectivity index (χ1n) is 6.51. The molecular weight excluding hydrogens is 285 g/mol. The van der Waals surface area contributed by atoms with Crippen LogP contribution in [0.25, 0.3) is 0 Å². The standard InChI is InChI=1S/C13H15Cl2N3O/c14-9-6-8(7-16-12(9)15)13(19)17-10-3-5-18-4-1-2-11(10)18/h6-7,10-11H,1-5H2,(H,17,19). The van der Waals surface area contributed by atoms with E-state index in [4.69, 9.17) is 23.2 Å². The van der Waals surface area contributed by atoms with E-state index in [2.05, 4.69) is 15.2 Å². The predicted octanol–water partition coefficient (Wildman–Crippen LogP) is 2.35. The first kappa shape index (κ1) is 13.2. The van der Waals surface area contributed by atoms with Crippen LogP contribution in [0.2, 0.25) is 10.2 Å². The lowest BCUT2D eigenvalue weighted by Crippen LogP contribution is -2.42. The lowest BCUT2D eigenvalue weighted by Gasteiger charge is -2.21. The van der Waals surface area contributed by atoms with Gasteiger partial charge in [-0.3, -0.25) is 9.69 Å². The van der Waals surface area contributed by atoms with E-state index in [-0.39, 0.29) is 17.1 Å². The summed E-state index contributed by atoms with van der Waals surface area (Å²) in [5, 5.41) is 3.62. The van der Waals surface area contributed by atoms with Gasteiger partial charge in [0, 0.05) is 24.8 Å². The zero-order chi connectivity index (χ0) is 13.4. The van der Waals surface area contributed by atoms with E-state index in [9.17, 15) is 4.79 Å². The van der Waals surface area contributed by atoms with Gasteiger partial charge in [0.2, 0.25) is 0 Å². The Morgan fingerprint density at radius 3 is 3.00 bits per heavy atom. The van der Waals surface area contributed by atoms with E-state index in [1.54, 1.807) is 6.07 Å². The van der Waals surface area contributed by atoms with Crippen molar-refractivity contribution in [3.05, 3.63) is 28.0 Å². The minimum absolute atomic E-state index is 0.121. The van der Waals surface area contributed by atoms with Gasteiger partial charge in [-0.25, -0.2) is 4.98 Å². The molecule has 2 fully saturated rings. The normalized spacial score (nSPS) is 26.4. The van der Waals surface area contributed by atoms with Crippen molar-refractivity contribution in [2.75, 3.05) is 13.1 Å². The predicted molar refractivity (Wildman–Crippen MR) is 74.7 cm³/mol. The minimum atomic E-state index is -0.121. The fourth-order valence-electron chi connectivity index (χ4n) is 3.05. The van der Waals surface area contributed by atoms with Crippen LogP contribution in [0.15, 0.2) is 12.3 Å². The number of nitrogens with zero attached hydrogens (tertiary/aromatic N) is 2. The van der Waals surface area contributed by atoms with E-state index in [1.165, 1.54) is 19.0 Å². The van der Waals surface area contributed by atoms with Crippen LogP contribution in [0.3, 0.4) is 0 Å². The van der Waals surface area contributed by atoms with E-state index in [1.807, 2.05) is 0 Å². The van der Waals surface area contributed by atoms with Gasteiger partial charge in [-0.05, 0) is 31.9 Å². The monoisotopic (exact) mass is 299 g/mol. The van der Waals surface area contributed by atoms with Crippen LogP contribution in [0, 0.1) is 0 Å². The molecule has 2 unspecified atom stereocenters. The summed E-state index contributed by atoms with van der Waals surface area (Å²) in [5.41, 5.74) is 0.464. The first-order chi connectivity index (χ1) is 9.15. The summed E-state index contributed by atoms with van der Waals surface area (Å²) in [7, 11) is 0. The molecule has 4 nitrogen and oxygen atoms in total. The third-order valence-electron chi connectivity index (χ3n) is 3.98. The zero-order valence-corrected chi connectivity index (χ0v) is 11.9.